The Kier molecular flexibility index (Phi) is 5.39. The van der Waals surface area contributed by atoms with E-state index in [4.69, 9.17) is 0 Å². The van der Waals surface area contributed by atoms with E-state index in [0.717, 1.165) is 16.1 Å². The lowest BCUT2D eigenvalue weighted by Crippen LogP contribution is -2.33. The summed E-state index contributed by atoms with van der Waals surface area (Å²) in [6.07, 6.45) is 0. The lowest BCUT2D eigenvalue weighted by Gasteiger charge is -2.21. The van der Waals surface area contributed by atoms with Gasteiger partial charge in [0.2, 0.25) is 5.91 Å². The number of hydrogen-bond acceptors (Lipinski definition) is 4. The molecule has 120 valence electrons. The van der Waals surface area contributed by atoms with Crippen LogP contribution in [0.5, 0.6) is 0 Å². The monoisotopic (exact) mass is 330 g/mol. The molecule has 6 heteroatoms. The highest BCUT2D eigenvalue weighted by Crippen LogP contribution is 2.27. The van der Waals surface area contributed by atoms with Crippen LogP contribution in [0.1, 0.15) is 12.5 Å². The maximum Gasteiger partial charge on any atom is 0.269 e. The summed E-state index contributed by atoms with van der Waals surface area (Å²) < 4.78 is 0. The molecule has 0 saturated heterocycles. The van der Waals surface area contributed by atoms with E-state index >= 15 is 0 Å². The third-order valence-corrected chi connectivity index (χ3v) is 4.53. The van der Waals surface area contributed by atoms with Crippen molar-refractivity contribution in [2.24, 2.45) is 0 Å². The smallest absolute Gasteiger partial charge is 0.269 e. The molecule has 2 aromatic carbocycles. The van der Waals surface area contributed by atoms with Crippen molar-refractivity contribution in [3.63, 3.8) is 0 Å². The van der Waals surface area contributed by atoms with E-state index in [1.165, 1.54) is 23.9 Å². The number of rotatable bonds is 5. The first-order chi connectivity index (χ1) is 10.9. The molecule has 5 nitrogen and oxygen atoms in total. The molecule has 1 unspecified atom stereocenters. The van der Waals surface area contributed by atoms with E-state index in [1.807, 2.05) is 38.1 Å². The number of carbonyl (C=O) groups excluding carboxylic acids is 1. The van der Waals surface area contributed by atoms with Gasteiger partial charge in [0.1, 0.15) is 0 Å². The summed E-state index contributed by atoms with van der Waals surface area (Å²) in [4.78, 5) is 25.2. The fourth-order valence-corrected chi connectivity index (χ4v) is 3.10. The first-order valence-electron chi connectivity index (χ1n) is 7.14. The number of carbonyl (C=O) groups is 1. The minimum absolute atomic E-state index is 0.0149. The number of nitro benzene ring substituents is 1. The molecule has 0 heterocycles. The van der Waals surface area contributed by atoms with Crippen molar-refractivity contribution < 1.29 is 9.72 Å². The molecule has 2 rings (SSSR count). The summed E-state index contributed by atoms with van der Waals surface area (Å²) >= 11 is 1.39. The summed E-state index contributed by atoms with van der Waals surface area (Å²) in [7, 11) is 1.75. The van der Waals surface area contributed by atoms with Crippen LogP contribution in [0.15, 0.2) is 53.4 Å². The van der Waals surface area contributed by atoms with Crippen LogP contribution in [0, 0.1) is 17.0 Å². The maximum absolute atomic E-state index is 12.5. The third-order valence-electron chi connectivity index (χ3n) is 3.43. The summed E-state index contributed by atoms with van der Waals surface area (Å²) in [5.41, 5.74) is 1.99. The van der Waals surface area contributed by atoms with Gasteiger partial charge in [-0.3, -0.25) is 14.9 Å². The molecule has 0 aliphatic heterocycles. The van der Waals surface area contributed by atoms with E-state index in [2.05, 4.69) is 0 Å². The van der Waals surface area contributed by atoms with Crippen LogP contribution in [0.2, 0.25) is 0 Å². The summed E-state index contributed by atoms with van der Waals surface area (Å²) in [5.74, 6) is -0.0149. The summed E-state index contributed by atoms with van der Waals surface area (Å²) in [6.45, 7) is 3.82. The molecule has 2 aromatic rings. The van der Waals surface area contributed by atoms with E-state index < -0.39 is 4.92 Å². The van der Waals surface area contributed by atoms with Gasteiger partial charge in [-0.05, 0) is 43.7 Å². The minimum atomic E-state index is -0.436. The van der Waals surface area contributed by atoms with Crippen LogP contribution in [-0.2, 0) is 4.79 Å². The molecule has 0 fully saturated rings. The molecule has 1 amide bonds. The van der Waals surface area contributed by atoms with Gasteiger partial charge in [0.15, 0.2) is 0 Å². The van der Waals surface area contributed by atoms with Crippen molar-refractivity contribution in [3.8, 4) is 0 Å². The van der Waals surface area contributed by atoms with Crippen LogP contribution < -0.4 is 4.90 Å². The average molecular weight is 330 g/mol. The molecule has 0 N–H and O–H groups in total. The van der Waals surface area contributed by atoms with Crippen LogP contribution in [0.3, 0.4) is 0 Å². The van der Waals surface area contributed by atoms with Gasteiger partial charge in [-0.15, -0.1) is 11.8 Å². The van der Waals surface area contributed by atoms with Gasteiger partial charge in [-0.25, -0.2) is 0 Å². The van der Waals surface area contributed by atoms with Crippen molar-refractivity contribution in [1.82, 2.24) is 0 Å². The highest BCUT2D eigenvalue weighted by Gasteiger charge is 2.20. The van der Waals surface area contributed by atoms with Crippen LogP contribution in [-0.4, -0.2) is 23.1 Å². The molecule has 23 heavy (non-hydrogen) atoms. The maximum atomic E-state index is 12.5. The van der Waals surface area contributed by atoms with Crippen molar-refractivity contribution in [3.05, 3.63) is 64.2 Å². The van der Waals surface area contributed by atoms with E-state index in [1.54, 1.807) is 24.1 Å². The Morgan fingerprint density at radius 3 is 2.43 bits per heavy atom. The van der Waals surface area contributed by atoms with Gasteiger partial charge in [-0.1, -0.05) is 12.1 Å². The predicted octanol–water partition coefficient (Wildman–Crippen LogP) is 4.05. The van der Waals surface area contributed by atoms with E-state index in [0.29, 0.717) is 0 Å². The number of nitrogens with zero attached hydrogens (tertiary/aromatic N) is 2. The second-order valence-corrected chi connectivity index (χ2v) is 6.66. The Hall–Kier alpha value is -2.34. The van der Waals surface area contributed by atoms with Gasteiger partial charge < -0.3 is 4.90 Å². The number of amides is 1. The Bertz CT molecular complexity index is 716. The molecule has 0 saturated carbocycles. The largest absolute Gasteiger partial charge is 0.315 e. The second kappa shape index (κ2) is 7.28. The number of hydrogen-bond donors (Lipinski definition) is 0. The standard InChI is InChI=1S/C17H18N2O3S/c1-12-5-4-6-15(11-12)18(3)17(20)13(2)23-16-9-7-14(8-10-16)19(21)22/h4-11,13H,1-3H3. The molecule has 0 spiro atoms. The highest BCUT2D eigenvalue weighted by molar-refractivity contribution is 8.00. The number of nitro groups is 1. The molecule has 0 aromatic heterocycles. The fraction of sp³-hybridized carbons (Fsp3) is 0.235. The van der Waals surface area contributed by atoms with Crippen molar-refractivity contribution >= 4 is 29.0 Å². The Morgan fingerprint density at radius 1 is 1.22 bits per heavy atom. The van der Waals surface area contributed by atoms with Gasteiger partial charge >= 0.3 is 0 Å². The number of benzene rings is 2. The number of anilines is 1. The topological polar surface area (TPSA) is 63.5 Å². The van der Waals surface area contributed by atoms with Crippen LogP contribution in [0.4, 0.5) is 11.4 Å². The number of thioether (sulfide) groups is 1. The quantitative estimate of drug-likeness (QED) is 0.471. The normalized spacial score (nSPS) is 11.8. The molecular weight excluding hydrogens is 312 g/mol. The first-order valence-corrected chi connectivity index (χ1v) is 8.02. The number of aryl methyl sites for hydroxylation is 1. The molecule has 1 atom stereocenters. The van der Waals surface area contributed by atoms with Crippen molar-refractivity contribution in [1.29, 1.82) is 0 Å². The van der Waals surface area contributed by atoms with Crippen LogP contribution in [0.25, 0.3) is 0 Å². The summed E-state index contributed by atoms with van der Waals surface area (Å²) in [5, 5.41) is 10.4. The SMILES string of the molecule is Cc1cccc(N(C)C(=O)C(C)Sc2ccc([N+](=O)[O-])cc2)c1. The zero-order valence-electron chi connectivity index (χ0n) is 13.2. The molecule has 0 bridgehead atoms. The molecular formula is C17H18N2O3S. The van der Waals surface area contributed by atoms with E-state index in [9.17, 15) is 14.9 Å². The molecule has 0 aliphatic rings. The minimum Gasteiger partial charge on any atom is -0.315 e. The predicted molar refractivity (Wildman–Crippen MR) is 93.0 cm³/mol. The lowest BCUT2D eigenvalue weighted by molar-refractivity contribution is -0.384. The first kappa shape index (κ1) is 17.0. The Morgan fingerprint density at radius 2 is 1.87 bits per heavy atom. The Labute approximate surface area is 139 Å². The second-order valence-electron chi connectivity index (χ2n) is 5.25. The van der Waals surface area contributed by atoms with Crippen molar-refractivity contribution in [2.75, 3.05) is 11.9 Å². The van der Waals surface area contributed by atoms with Gasteiger partial charge in [0.05, 0.1) is 10.2 Å². The number of non-ortho nitro benzene ring substituents is 1. The third kappa shape index (κ3) is 4.32. The van der Waals surface area contributed by atoms with E-state index in [-0.39, 0.29) is 16.8 Å². The van der Waals surface area contributed by atoms with Gasteiger partial charge in [0.25, 0.3) is 5.69 Å². The lowest BCUT2D eigenvalue weighted by atomic mass is 10.2. The highest BCUT2D eigenvalue weighted by atomic mass is 32.2. The van der Waals surface area contributed by atoms with Gasteiger partial charge in [0, 0.05) is 29.8 Å². The van der Waals surface area contributed by atoms with Crippen LogP contribution >= 0.6 is 11.8 Å². The molecule has 0 aliphatic carbocycles. The molecule has 0 radical (unpaired) electrons. The summed E-state index contributed by atoms with van der Waals surface area (Å²) in [6, 6.07) is 14.0. The zero-order valence-corrected chi connectivity index (χ0v) is 14.0. The average Bonchev–Trinajstić information content (AvgIpc) is 2.54. The van der Waals surface area contributed by atoms with Gasteiger partial charge in [-0.2, -0.15) is 0 Å². The zero-order chi connectivity index (χ0) is 17.0. The fourth-order valence-electron chi connectivity index (χ4n) is 2.14. The Balaban J connectivity index is 2.06. The van der Waals surface area contributed by atoms with Crippen molar-refractivity contribution in [2.45, 2.75) is 24.0 Å².